The Morgan fingerprint density at radius 1 is 1.18 bits per heavy atom. The molecule has 1 saturated heterocycles. The van der Waals surface area contributed by atoms with E-state index in [0.29, 0.717) is 25.9 Å². The van der Waals surface area contributed by atoms with E-state index >= 15 is 0 Å². The summed E-state index contributed by atoms with van der Waals surface area (Å²) in [7, 11) is 0. The molecule has 3 amide bonds. The molecule has 0 aromatic heterocycles. The minimum absolute atomic E-state index is 0.0399. The molecular formula is C22H29F3N4O4. The average molecular weight is 470 g/mol. The summed E-state index contributed by atoms with van der Waals surface area (Å²) in [5.74, 6) is -0.924. The Balaban J connectivity index is 1.64. The zero-order valence-corrected chi connectivity index (χ0v) is 19.1. The van der Waals surface area contributed by atoms with Gasteiger partial charge in [0.15, 0.2) is 0 Å². The highest BCUT2D eigenvalue weighted by molar-refractivity contribution is 6.11. The molecule has 0 radical (unpaired) electrons. The fraction of sp³-hybridized carbons (Fsp3) is 0.591. The molecule has 1 aromatic carbocycles. The first-order valence-electron chi connectivity index (χ1n) is 10.8. The number of carbonyl (C=O) groups excluding carboxylic acids is 3. The van der Waals surface area contributed by atoms with Crippen molar-refractivity contribution in [3.05, 3.63) is 23.8 Å². The molecule has 0 aliphatic carbocycles. The number of hydrogen-bond acceptors (Lipinski definition) is 5. The van der Waals surface area contributed by atoms with Crippen LogP contribution in [0, 0.1) is 0 Å². The normalized spacial score (nSPS) is 18.9. The van der Waals surface area contributed by atoms with Crippen LogP contribution in [0.4, 0.5) is 29.3 Å². The average Bonchev–Trinajstić information content (AvgIpc) is 2.70. The Morgan fingerprint density at radius 2 is 1.82 bits per heavy atom. The molecule has 0 bridgehead atoms. The van der Waals surface area contributed by atoms with E-state index in [4.69, 9.17) is 4.74 Å². The van der Waals surface area contributed by atoms with Crippen molar-refractivity contribution in [3.8, 4) is 0 Å². The summed E-state index contributed by atoms with van der Waals surface area (Å²) in [6, 6.07) is 2.27. The number of amides is 3. The van der Waals surface area contributed by atoms with Gasteiger partial charge in [-0.2, -0.15) is 13.2 Å². The maximum atomic E-state index is 13.2. The number of alkyl carbamates (subject to hydrolysis) is 1. The molecule has 1 atom stereocenters. The summed E-state index contributed by atoms with van der Waals surface area (Å²) < 4.78 is 44.4. The molecule has 0 spiro atoms. The predicted molar refractivity (Wildman–Crippen MR) is 116 cm³/mol. The molecule has 1 fully saturated rings. The quantitative estimate of drug-likeness (QED) is 0.707. The second-order valence-electron chi connectivity index (χ2n) is 9.33. The number of nitrogens with zero attached hydrogens (tertiary/aromatic N) is 2. The molecule has 2 aliphatic rings. The van der Waals surface area contributed by atoms with Crippen molar-refractivity contribution in [1.82, 2.24) is 10.2 Å². The number of carbonyl (C=O) groups is 3. The zero-order chi connectivity index (χ0) is 24.6. The van der Waals surface area contributed by atoms with E-state index in [1.807, 2.05) is 4.90 Å². The monoisotopic (exact) mass is 470 g/mol. The van der Waals surface area contributed by atoms with Crippen LogP contribution in [0.3, 0.4) is 0 Å². The Hall–Kier alpha value is -2.82. The maximum absolute atomic E-state index is 13.2. The number of benzene rings is 1. The van der Waals surface area contributed by atoms with Crippen molar-refractivity contribution >= 4 is 29.3 Å². The number of rotatable bonds is 3. The summed E-state index contributed by atoms with van der Waals surface area (Å²) in [5.41, 5.74) is -1.30. The zero-order valence-electron chi connectivity index (χ0n) is 19.1. The second kappa shape index (κ2) is 9.20. The van der Waals surface area contributed by atoms with Crippen molar-refractivity contribution in [3.63, 3.8) is 0 Å². The lowest BCUT2D eigenvalue weighted by atomic mass is 10.0. The molecule has 182 valence electrons. The highest BCUT2D eigenvalue weighted by atomic mass is 19.4. The van der Waals surface area contributed by atoms with Crippen molar-refractivity contribution in [2.75, 3.05) is 29.9 Å². The van der Waals surface area contributed by atoms with Crippen LogP contribution in [-0.2, 0) is 20.5 Å². The van der Waals surface area contributed by atoms with E-state index in [9.17, 15) is 27.6 Å². The van der Waals surface area contributed by atoms with Crippen LogP contribution in [0.2, 0.25) is 0 Å². The predicted octanol–water partition coefficient (Wildman–Crippen LogP) is 3.37. The van der Waals surface area contributed by atoms with Gasteiger partial charge in [0.2, 0.25) is 11.8 Å². The van der Waals surface area contributed by atoms with Crippen LogP contribution in [-0.4, -0.2) is 60.1 Å². The minimum Gasteiger partial charge on any atom is -0.444 e. The number of fused-ring (bicyclic) bond motifs is 1. The number of likely N-dealkylation sites (tertiary alicyclic amines) is 1. The molecule has 11 heteroatoms. The SMILES string of the molecule is C[C@H](C(=O)N1CC(=O)Nc2cc(C(F)(F)F)ccc21)N1CCC(NC(=O)OC(C)(C)C)CC1. The van der Waals surface area contributed by atoms with Crippen molar-refractivity contribution in [1.29, 1.82) is 0 Å². The minimum atomic E-state index is -4.56. The number of nitrogens with one attached hydrogen (secondary N) is 2. The summed E-state index contributed by atoms with van der Waals surface area (Å²) in [5, 5.41) is 5.25. The van der Waals surface area contributed by atoms with Gasteiger partial charge >= 0.3 is 12.3 Å². The van der Waals surface area contributed by atoms with Gasteiger partial charge in [0, 0.05) is 19.1 Å². The first-order chi connectivity index (χ1) is 15.2. The van der Waals surface area contributed by atoms with Crippen molar-refractivity contribution < 1.29 is 32.3 Å². The van der Waals surface area contributed by atoms with Crippen molar-refractivity contribution in [2.45, 2.75) is 64.4 Å². The van der Waals surface area contributed by atoms with Crippen LogP contribution < -0.4 is 15.5 Å². The van der Waals surface area contributed by atoms with Crippen LogP contribution in [0.5, 0.6) is 0 Å². The topological polar surface area (TPSA) is 91.0 Å². The molecule has 0 saturated carbocycles. The van der Waals surface area contributed by atoms with E-state index in [0.717, 1.165) is 12.1 Å². The largest absolute Gasteiger partial charge is 0.444 e. The molecule has 1 aromatic rings. The van der Waals surface area contributed by atoms with E-state index in [1.54, 1.807) is 27.7 Å². The van der Waals surface area contributed by atoms with Gasteiger partial charge in [0.05, 0.1) is 23.0 Å². The molecule has 2 N–H and O–H groups in total. The molecular weight excluding hydrogens is 441 g/mol. The van der Waals surface area contributed by atoms with E-state index in [1.165, 1.54) is 11.0 Å². The van der Waals surface area contributed by atoms with E-state index in [-0.39, 0.29) is 29.9 Å². The fourth-order valence-corrected chi connectivity index (χ4v) is 3.95. The number of anilines is 2. The summed E-state index contributed by atoms with van der Waals surface area (Å²) >= 11 is 0. The first-order valence-corrected chi connectivity index (χ1v) is 10.8. The van der Waals surface area contributed by atoms with Gasteiger partial charge < -0.3 is 15.4 Å². The molecule has 2 aliphatic heterocycles. The smallest absolute Gasteiger partial charge is 0.416 e. The van der Waals surface area contributed by atoms with Gasteiger partial charge in [0.1, 0.15) is 12.1 Å². The van der Waals surface area contributed by atoms with Gasteiger partial charge in [-0.1, -0.05) is 0 Å². The molecule has 2 heterocycles. The Bertz CT molecular complexity index is 921. The lowest BCUT2D eigenvalue weighted by molar-refractivity contribution is -0.137. The summed E-state index contributed by atoms with van der Waals surface area (Å²) in [6.07, 6.45) is -3.82. The number of halogens is 3. The standard InChI is InChI=1S/C22H29F3N4O4/c1-13(28-9-7-15(8-10-28)26-20(32)33-21(2,3)4)19(31)29-12-18(30)27-16-11-14(22(23,24)25)5-6-17(16)29/h5-6,11,13,15H,7-10,12H2,1-4H3,(H,26,32)(H,27,30)/t13-/m1/s1. The molecule has 8 nitrogen and oxygen atoms in total. The van der Waals surface area contributed by atoms with Crippen LogP contribution >= 0.6 is 0 Å². The first kappa shape index (κ1) is 24.8. The molecule has 0 unspecified atom stereocenters. The van der Waals surface area contributed by atoms with Gasteiger partial charge in [0.25, 0.3) is 0 Å². The van der Waals surface area contributed by atoms with Crippen LogP contribution in [0.1, 0.15) is 46.1 Å². The summed E-state index contributed by atoms with van der Waals surface area (Å²) in [4.78, 5) is 40.4. The highest BCUT2D eigenvalue weighted by Crippen LogP contribution is 2.37. The van der Waals surface area contributed by atoms with E-state index < -0.39 is 35.4 Å². The number of hydrogen-bond donors (Lipinski definition) is 2. The molecule has 3 rings (SSSR count). The third-order valence-electron chi connectivity index (χ3n) is 5.61. The van der Waals surface area contributed by atoms with Gasteiger partial charge in [-0.05, 0) is 58.7 Å². The fourth-order valence-electron chi connectivity index (χ4n) is 3.95. The summed E-state index contributed by atoms with van der Waals surface area (Å²) in [6.45, 7) is 7.86. The van der Waals surface area contributed by atoms with Gasteiger partial charge in [-0.25, -0.2) is 4.79 Å². The number of piperidine rings is 1. The third kappa shape index (κ3) is 6.16. The lowest BCUT2D eigenvalue weighted by Gasteiger charge is -2.38. The van der Waals surface area contributed by atoms with E-state index in [2.05, 4.69) is 10.6 Å². The van der Waals surface area contributed by atoms with Crippen molar-refractivity contribution in [2.24, 2.45) is 0 Å². The lowest BCUT2D eigenvalue weighted by Crippen LogP contribution is -2.54. The Morgan fingerprint density at radius 3 is 2.39 bits per heavy atom. The van der Waals surface area contributed by atoms with Gasteiger partial charge in [-0.3, -0.25) is 19.4 Å². The number of alkyl halides is 3. The Kier molecular flexibility index (Phi) is 6.92. The van der Waals surface area contributed by atoms with Crippen LogP contribution in [0.25, 0.3) is 0 Å². The van der Waals surface area contributed by atoms with Gasteiger partial charge in [-0.15, -0.1) is 0 Å². The Labute approximate surface area is 190 Å². The maximum Gasteiger partial charge on any atom is 0.416 e. The third-order valence-corrected chi connectivity index (χ3v) is 5.61. The second-order valence-corrected chi connectivity index (χ2v) is 9.33. The highest BCUT2D eigenvalue weighted by Gasteiger charge is 2.37. The number of ether oxygens (including phenoxy) is 1. The molecule has 33 heavy (non-hydrogen) atoms. The van der Waals surface area contributed by atoms with Crippen LogP contribution in [0.15, 0.2) is 18.2 Å².